The van der Waals surface area contributed by atoms with Crippen LogP contribution >= 0.6 is 11.3 Å². The first-order valence-corrected chi connectivity index (χ1v) is 7.16. The SMILES string of the molecule is CCCCCCC.c1ccccsccc1. The average Bonchev–Trinajstić information content (AvgIpc) is 2.46. The van der Waals surface area contributed by atoms with Crippen molar-refractivity contribution in [1.29, 1.82) is 0 Å². The summed E-state index contributed by atoms with van der Waals surface area (Å²) in [6.45, 7) is 4.49. The van der Waals surface area contributed by atoms with Gasteiger partial charge in [0.2, 0.25) is 0 Å². The zero-order valence-electron chi connectivity index (χ0n) is 10.6. The molecule has 0 saturated carbocycles. The van der Waals surface area contributed by atoms with Crippen molar-refractivity contribution in [2.75, 3.05) is 0 Å². The molecule has 0 N–H and O–H groups in total. The largest absolute Gasteiger partial charge is 0.152 e. The minimum absolute atomic E-state index is 1.36. The van der Waals surface area contributed by atoms with Crippen LogP contribution in [0.1, 0.15) is 46.0 Å². The number of hydrogen-bond donors (Lipinski definition) is 0. The van der Waals surface area contributed by atoms with Crippen LogP contribution in [0.2, 0.25) is 0 Å². The molecule has 1 heteroatoms. The molecule has 0 saturated heterocycles. The summed E-state index contributed by atoms with van der Waals surface area (Å²) in [6.07, 6.45) is 7.01. The topological polar surface area (TPSA) is 0 Å². The first kappa shape index (κ1) is 15.2. The molecule has 1 heterocycles. The summed E-state index contributed by atoms with van der Waals surface area (Å²) in [4.78, 5) is 0. The zero-order chi connectivity index (χ0) is 11.9. The highest BCUT2D eigenvalue weighted by atomic mass is 32.1. The second kappa shape index (κ2) is 14.2. The van der Waals surface area contributed by atoms with Gasteiger partial charge < -0.3 is 0 Å². The van der Waals surface area contributed by atoms with Gasteiger partial charge in [0.15, 0.2) is 0 Å². The number of rotatable bonds is 4. The molecular weight excluding hydrogens is 212 g/mol. The molecule has 0 atom stereocenters. The second-order valence-electron chi connectivity index (χ2n) is 3.62. The summed E-state index contributed by atoms with van der Waals surface area (Å²) in [5, 5.41) is 4.08. The lowest BCUT2D eigenvalue weighted by molar-refractivity contribution is 0.656. The van der Waals surface area contributed by atoms with Gasteiger partial charge in [-0.1, -0.05) is 82.3 Å². The Balaban J connectivity index is 0.000000293. The lowest BCUT2D eigenvalue weighted by Gasteiger charge is -1.90. The molecule has 1 aromatic heterocycles. The van der Waals surface area contributed by atoms with Crippen LogP contribution in [0.5, 0.6) is 0 Å². The van der Waals surface area contributed by atoms with Crippen LogP contribution in [0.25, 0.3) is 0 Å². The van der Waals surface area contributed by atoms with Crippen LogP contribution in [0.3, 0.4) is 0 Å². The summed E-state index contributed by atoms with van der Waals surface area (Å²) in [7, 11) is 0. The van der Waals surface area contributed by atoms with Crippen LogP contribution in [-0.4, -0.2) is 0 Å². The molecule has 0 aliphatic heterocycles. The molecule has 1 rings (SSSR count). The van der Waals surface area contributed by atoms with Crippen molar-refractivity contribution in [3.05, 3.63) is 47.2 Å². The van der Waals surface area contributed by atoms with E-state index in [0.717, 1.165) is 0 Å². The molecular formula is C15H24S. The summed E-state index contributed by atoms with van der Waals surface area (Å²) >= 11 is 1.68. The van der Waals surface area contributed by atoms with Crippen molar-refractivity contribution in [2.45, 2.75) is 46.0 Å². The standard InChI is InChI=1S/C8H8S.C7H16/c1-2-4-6-8-9-7-5-3-1;1-3-5-7-6-4-2/h1-8H;3-7H2,1-2H3. The van der Waals surface area contributed by atoms with E-state index >= 15 is 0 Å². The highest BCUT2D eigenvalue weighted by Gasteiger charge is 1.80. The monoisotopic (exact) mass is 236 g/mol. The fourth-order valence-corrected chi connectivity index (χ4v) is 1.61. The van der Waals surface area contributed by atoms with E-state index < -0.39 is 0 Å². The second-order valence-corrected chi connectivity index (χ2v) is 4.44. The van der Waals surface area contributed by atoms with Crippen molar-refractivity contribution in [1.82, 2.24) is 0 Å². The molecule has 0 bridgehead atoms. The van der Waals surface area contributed by atoms with Gasteiger partial charge in [-0.15, -0.1) is 0 Å². The summed E-state index contributed by atoms with van der Waals surface area (Å²) in [5.74, 6) is 0. The molecule has 0 fully saturated rings. The van der Waals surface area contributed by atoms with E-state index in [9.17, 15) is 0 Å². The Hall–Kier alpha value is -0.820. The van der Waals surface area contributed by atoms with Gasteiger partial charge in [-0.3, -0.25) is 0 Å². The molecule has 0 unspecified atom stereocenters. The van der Waals surface area contributed by atoms with Crippen LogP contribution in [0.4, 0.5) is 0 Å². The molecule has 0 aliphatic rings. The minimum atomic E-state index is 1.36. The normalized spacial score (nSPS) is 8.62. The maximum absolute atomic E-state index is 2.25. The quantitative estimate of drug-likeness (QED) is 0.575. The number of unbranched alkanes of at least 4 members (excludes halogenated alkanes) is 4. The van der Waals surface area contributed by atoms with Gasteiger partial charge in [0.1, 0.15) is 0 Å². The van der Waals surface area contributed by atoms with Crippen molar-refractivity contribution in [3.63, 3.8) is 0 Å². The lowest BCUT2D eigenvalue weighted by Crippen LogP contribution is -1.70. The van der Waals surface area contributed by atoms with Gasteiger partial charge in [0.25, 0.3) is 0 Å². The van der Waals surface area contributed by atoms with E-state index in [-0.39, 0.29) is 0 Å². The van der Waals surface area contributed by atoms with Gasteiger partial charge in [0, 0.05) is 0 Å². The van der Waals surface area contributed by atoms with Crippen molar-refractivity contribution < 1.29 is 0 Å². The Labute approximate surface area is 105 Å². The molecule has 0 radical (unpaired) electrons. The summed E-state index contributed by atoms with van der Waals surface area (Å²) in [6, 6.07) is 12.1. The van der Waals surface area contributed by atoms with Gasteiger partial charge in [-0.25, -0.2) is 0 Å². The van der Waals surface area contributed by atoms with Gasteiger partial charge in [-0.05, 0) is 10.8 Å². The third-order valence-corrected chi connectivity index (χ3v) is 2.71. The predicted molar refractivity (Wildman–Crippen MR) is 76.4 cm³/mol. The minimum Gasteiger partial charge on any atom is -0.152 e. The predicted octanol–water partition coefficient (Wildman–Crippen LogP) is 5.85. The first-order valence-electron chi connectivity index (χ1n) is 6.22. The highest BCUT2D eigenvalue weighted by molar-refractivity contribution is 7.07. The van der Waals surface area contributed by atoms with Crippen LogP contribution in [-0.2, 0) is 0 Å². The highest BCUT2D eigenvalue weighted by Crippen LogP contribution is 2.00. The molecule has 1 aromatic rings. The summed E-state index contributed by atoms with van der Waals surface area (Å²) in [5.41, 5.74) is 0. The molecule has 0 aliphatic carbocycles. The molecule has 16 heavy (non-hydrogen) atoms. The Morgan fingerprint density at radius 3 is 1.50 bits per heavy atom. The molecule has 0 nitrogen and oxygen atoms in total. The summed E-state index contributed by atoms with van der Waals surface area (Å²) < 4.78 is 0. The van der Waals surface area contributed by atoms with Gasteiger partial charge in [0.05, 0.1) is 0 Å². The number of hydrogen-bond acceptors (Lipinski definition) is 1. The maximum Gasteiger partial charge on any atom is -0.00937 e. The average molecular weight is 236 g/mol. The van der Waals surface area contributed by atoms with Crippen LogP contribution < -0.4 is 0 Å². The Morgan fingerprint density at radius 1 is 0.625 bits per heavy atom. The van der Waals surface area contributed by atoms with E-state index in [1.54, 1.807) is 11.3 Å². The zero-order valence-corrected chi connectivity index (χ0v) is 11.4. The lowest BCUT2D eigenvalue weighted by atomic mass is 10.2. The van der Waals surface area contributed by atoms with Crippen molar-refractivity contribution in [2.24, 2.45) is 0 Å². The smallest absolute Gasteiger partial charge is 0.00937 e. The van der Waals surface area contributed by atoms with Crippen molar-refractivity contribution in [3.8, 4) is 0 Å². The Morgan fingerprint density at radius 2 is 1.06 bits per heavy atom. The van der Waals surface area contributed by atoms with E-state index in [0.29, 0.717) is 0 Å². The van der Waals surface area contributed by atoms with E-state index in [1.807, 2.05) is 47.2 Å². The van der Waals surface area contributed by atoms with Gasteiger partial charge >= 0.3 is 0 Å². The molecule has 90 valence electrons. The molecule has 0 aromatic carbocycles. The van der Waals surface area contributed by atoms with E-state index in [1.165, 1.54) is 32.1 Å². The van der Waals surface area contributed by atoms with Crippen molar-refractivity contribution >= 4 is 11.3 Å². The fraction of sp³-hybridized carbons (Fsp3) is 0.467. The Bertz CT molecular complexity index is 185. The van der Waals surface area contributed by atoms with Gasteiger partial charge in [-0.2, -0.15) is 11.3 Å². The van der Waals surface area contributed by atoms with E-state index in [4.69, 9.17) is 0 Å². The Kier molecular flexibility index (Phi) is 13.5. The molecule has 0 amide bonds. The van der Waals surface area contributed by atoms with E-state index in [2.05, 4.69) is 13.8 Å². The third-order valence-electron chi connectivity index (χ3n) is 2.08. The molecule has 0 spiro atoms. The maximum atomic E-state index is 2.25. The first-order chi connectivity index (χ1) is 7.91. The van der Waals surface area contributed by atoms with Crippen LogP contribution in [0.15, 0.2) is 47.2 Å². The fourth-order valence-electron chi connectivity index (χ4n) is 1.16. The van der Waals surface area contributed by atoms with Crippen LogP contribution in [0, 0.1) is 0 Å². The third kappa shape index (κ3) is 13.2.